The van der Waals surface area contributed by atoms with E-state index in [4.69, 9.17) is 0 Å². The van der Waals surface area contributed by atoms with Gasteiger partial charge in [-0.1, -0.05) is 0 Å². The van der Waals surface area contributed by atoms with Crippen molar-refractivity contribution >= 4 is 12.0 Å². The van der Waals surface area contributed by atoms with E-state index in [2.05, 4.69) is 9.72 Å². The van der Waals surface area contributed by atoms with Gasteiger partial charge < -0.3 is 9.84 Å². The Kier molecular flexibility index (Phi) is 3.17. The van der Waals surface area contributed by atoms with E-state index in [1.54, 1.807) is 0 Å². The average molecular weight is 197 g/mol. The fourth-order valence-electron chi connectivity index (χ4n) is 0.783. The molecule has 0 aliphatic carbocycles. The molecule has 1 N–H and O–H groups in total. The van der Waals surface area contributed by atoms with E-state index >= 15 is 0 Å². The van der Waals surface area contributed by atoms with Crippen LogP contribution in [0.25, 0.3) is 6.08 Å². The number of methoxy groups -OCH3 is 1. The third kappa shape index (κ3) is 2.55. The lowest BCUT2D eigenvalue weighted by Gasteiger charge is -1.96. The maximum atomic E-state index is 12.5. The fourth-order valence-corrected chi connectivity index (χ4v) is 0.783. The predicted molar refractivity (Wildman–Crippen MR) is 46.9 cm³/mol. The maximum absolute atomic E-state index is 12.5. The van der Waals surface area contributed by atoms with E-state index in [0.717, 1.165) is 18.3 Å². The number of aromatic nitrogens is 1. The van der Waals surface area contributed by atoms with E-state index in [9.17, 15) is 14.3 Å². The van der Waals surface area contributed by atoms with E-state index in [1.165, 1.54) is 13.2 Å². The fraction of sp³-hybridized carbons (Fsp3) is 0.111. The van der Waals surface area contributed by atoms with Crippen molar-refractivity contribution in [2.24, 2.45) is 0 Å². The Bertz CT molecular complexity index is 376. The zero-order valence-electron chi connectivity index (χ0n) is 7.40. The lowest BCUT2D eigenvalue weighted by Crippen LogP contribution is -1.94. The van der Waals surface area contributed by atoms with Gasteiger partial charge in [-0.05, 0) is 6.08 Å². The van der Waals surface area contributed by atoms with Gasteiger partial charge in [-0.25, -0.2) is 14.2 Å². The van der Waals surface area contributed by atoms with Gasteiger partial charge in [0.1, 0.15) is 17.3 Å². The molecule has 0 aliphatic heterocycles. The Balaban J connectivity index is 2.87. The van der Waals surface area contributed by atoms with Gasteiger partial charge in [-0.3, -0.25) is 0 Å². The number of aromatic hydroxyl groups is 1. The largest absolute Gasteiger partial charge is 0.506 e. The van der Waals surface area contributed by atoms with Crippen LogP contribution < -0.4 is 0 Å². The third-order valence-electron chi connectivity index (χ3n) is 1.44. The van der Waals surface area contributed by atoms with Crippen LogP contribution in [-0.2, 0) is 9.53 Å². The smallest absolute Gasteiger partial charge is 0.330 e. The zero-order valence-corrected chi connectivity index (χ0v) is 7.40. The molecule has 4 nitrogen and oxygen atoms in total. The van der Waals surface area contributed by atoms with Crippen LogP contribution in [-0.4, -0.2) is 23.2 Å². The first kappa shape index (κ1) is 10.2. The van der Waals surface area contributed by atoms with Crippen molar-refractivity contribution in [2.75, 3.05) is 7.11 Å². The molecule has 0 unspecified atom stereocenters. The number of hydrogen-bond donors (Lipinski definition) is 1. The van der Waals surface area contributed by atoms with Crippen molar-refractivity contribution in [3.05, 3.63) is 29.9 Å². The summed E-state index contributed by atoms with van der Waals surface area (Å²) in [6.07, 6.45) is 3.26. The predicted octanol–water partition coefficient (Wildman–Crippen LogP) is 1.11. The SMILES string of the molecule is COC(=O)/C=C/c1ncc(F)cc1O. The molecule has 0 saturated heterocycles. The second kappa shape index (κ2) is 4.36. The Morgan fingerprint density at radius 2 is 2.43 bits per heavy atom. The Labute approximate surface area is 79.7 Å². The molecule has 0 radical (unpaired) electrons. The molecular formula is C9H8FNO3. The molecule has 0 amide bonds. The van der Waals surface area contributed by atoms with Gasteiger partial charge in [0, 0.05) is 12.1 Å². The molecule has 1 heterocycles. The van der Waals surface area contributed by atoms with Crippen LogP contribution in [0, 0.1) is 5.82 Å². The summed E-state index contributed by atoms with van der Waals surface area (Å²) in [5.41, 5.74) is 0.108. The first-order valence-corrected chi connectivity index (χ1v) is 3.74. The Morgan fingerprint density at radius 1 is 1.71 bits per heavy atom. The lowest BCUT2D eigenvalue weighted by atomic mass is 10.3. The minimum Gasteiger partial charge on any atom is -0.506 e. The summed E-state index contributed by atoms with van der Waals surface area (Å²) in [7, 11) is 1.23. The van der Waals surface area contributed by atoms with Crippen molar-refractivity contribution in [2.45, 2.75) is 0 Å². The number of esters is 1. The van der Waals surface area contributed by atoms with E-state index < -0.39 is 11.8 Å². The highest BCUT2D eigenvalue weighted by atomic mass is 19.1. The quantitative estimate of drug-likeness (QED) is 0.570. The highest BCUT2D eigenvalue weighted by molar-refractivity contribution is 5.86. The number of hydrogen-bond acceptors (Lipinski definition) is 4. The topological polar surface area (TPSA) is 59.4 Å². The van der Waals surface area contributed by atoms with Crippen molar-refractivity contribution < 1.29 is 19.0 Å². The molecule has 0 spiro atoms. The molecular weight excluding hydrogens is 189 g/mol. The van der Waals surface area contributed by atoms with E-state index in [0.29, 0.717) is 0 Å². The summed E-state index contributed by atoms with van der Waals surface area (Å²) in [5, 5.41) is 9.17. The molecule has 0 atom stereocenters. The summed E-state index contributed by atoms with van der Waals surface area (Å²) >= 11 is 0. The molecule has 0 fully saturated rings. The number of carbonyl (C=O) groups excluding carboxylic acids is 1. The normalized spacial score (nSPS) is 10.4. The maximum Gasteiger partial charge on any atom is 0.330 e. The summed E-state index contributed by atoms with van der Waals surface area (Å²) < 4.78 is 16.8. The van der Waals surface area contributed by atoms with Crippen LogP contribution in [0.5, 0.6) is 5.75 Å². The Hall–Kier alpha value is -1.91. The number of pyridine rings is 1. The highest BCUT2D eigenvalue weighted by Crippen LogP contribution is 2.16. The van der Waals surface area contributed by atoms with E-state index in [1.807, 2.05) is 0 Å². The first-order chi connectivity index (χ1) is 6.63. The van der Waals surface area contributed by atoms with Crippen LogP contribution in [0.4, 0.5) is 4.39 Å². The summed E-state index contributed by atoms with van der Waals surface area (Å²) in [6.45, 7) is 0. The van der Waals surface area contributed by atoms with Crippen LogP contribution >= 0.6 is 0 Å². The monoisotopic (exact) mass is 197 g/mol. The van der Waals surface area contributed by atoms with Gasteiger partial charge in [0.05, 0.1) is 13.3 Å². The van der Waals surface area contributed by atoms with Crippen molar-refractivity contribution in [3.63, 3.8) is 0 Å². The standard InChI is InChI=1S/C9H8FNO3/c1-14-9(13)3-2-7-8(12)4-6(10)5-11-7/h2-5,12H,1H3/b3-2+. The van der Waals surface area contributed by atoms with Gasteiger partial charge in [-0.15, -0.1) is 0 Å². The third-order valence-corrected chi connectivity index (χ3v) is 1.44. The van der Waals surface area contributed by atoms with Crippen LogP contribution in [0.15, 0.2) is 18.3 Å². The molecule has 0 aromatic carbocycles. The molecule has 5 heteroatoms. The van der Waals surface area contributed by atoms with Gasteiger partial charge in [0.15, 0.2) is 0 Å². The highest BCUT2D eigenvalue weighted by Gasteiger charge is 2.01. The molecule has 0 bridgehead atoms. The van der Waals surface area contributed by atoms with Gasteiger partial charge in [0.2, 0.25) is 0 Å². The summed E-state index contributed by atoms with van der Waals surface area (Å²) in [4.78, 5) is 14.2. The molecule has 1 aromatic rings. The number of nitrogens with zero attached hydrogens (tertiary/aromatic N) is 1. The first-order valence-electron chi connectivity index (χ1n) is 3.74. The minimum absolute atomic E-state index is 0.108. The molecule has 74 valence electrons. The molecule has 0 saturated carbocycles. The Morgan fingerprint density at radius 3 is 3.00 bits per heavy atom. The molecule has 0 aliphatic rings. The number of halogens is 1. The molecule has 1 aromatic heterocycles. The van der Waals surface area contributed by atoms with Crippen molar-refractivity contribution in [1.29, 1.82) is 0 Å². The number of rotatable bonds is 2. The lowest BCUT2D eigenvalue weighted by molar-refractivity contribution is -0.134. The molecule has 1 rings (SSSR count). The number of ether oxygens (including phenoxy) is 1. The second-order valence-corrected chi connectivity index (χ2v) is 2.41. The van der Waals surface area contributed by atoms with Crippen LogP contribution in [0.2, 0.25) is 0 Å². The second-order valence-electron chi connectivity index (χ2n) is 2.41. The minimum atomic E-state index is -0.641. The van der Waals surface area contributed by atoms with Crippen molar-refractivity contribution in [3.8, 4) is 5.75 Å². The van der Waals surface area contributed by atoms with Gasteiger partial charge >= 0.3 is 5.97 Å². The average Bonchev–Trinajstić information content (AvgIpc) is 2.16. The number of carbonyl (C=O) groups is 1. The summed E-state index contributed by atoms with van der Waals surface area (Å²) in [5.74, 6) is -1.54. The van der Waals surface area contributed by atoms with Gasteiger partial charge in [-0.2, -0.15) is 0 Å². The van der Waals surface area contributed by atoms with Crippen LogP contribution in [0.3, 0.4) is 0 Å². The van der Waals surface area contributed by atoms with E-state index in [-0.39, 0.29) is 11.4 Å². The molecule has 14 heavy (non-hydrogen) atoms. The summed E-state index contributed by atoms with van der Waals surface area (Å²) in [6, 6.07) is 0.907. The zero-order chi connectivity index (χ0) is 10.6. The van der Waals surface area contributed by atoms with Crippen molar-refractivity contribution in [1.82, 2.24) is 4.98 Å². The van der Waals surface area contributed by atoms with Crippen LogP contribution in [0.1, 0.15) is 5.69 Å². The van der Waals surface area contributed by atoms with Gasteiger partial charge in [0.25, 0.3) is 0 Å².